The number of fused-ring (bicyclic) bond motifs is 1. The minimum Gasteiger partial charge on any atom is -0.490 e. The maximum absolute atomic E-state index is 13.5. The van der Waals surface area contributed by atoms with Crippen LogP contribution in [-0.2, 0) is 25.2 Å². The highest BCUT2D eigenvalue weighted by Gasteiger charge is 2.40. The molecule has 194 valence electrons. The highest BCUT2D eigenvalue weighted by molar-refractivity contribution is 5.93. The molecule has 3 aromatic carbocycles. The van der Waals surface area contributed by atoms with Gasteiger partial charge in [0, 0.05) is 18.1 Å². The second-order valence-corrected chi connectivity index (χ2v) is 11.6. The molecule has 0 N–H and O–H groups in total. The van der Waals surface area contributed by atoms with E-state index in [0.29, 0.717) is 11.5 Å². The van der Waals surface area contributed by atoms with E-state index in [9.17, 15) is 9.59 Å². The zero-order valence-corrected chi connectivity index (χ0v) is 22.8. The highest BCUT2D eigenvalue weighted by Crippen LogP contribution is 2.49. The zero-order valence-electron chi connectivity index (χ0n) is 22.8. The normalized spacial score (nSPS) is 15.2. The van der Waals surface area contributed by atoms with Crippen molar-refractivity contribution in [2.24, 2.45) is 0 Å². The van der Waals surface area contributed by atoms with Crippen LogP contribution in [0.2, 0.25) is 0 Å². The second-order valence-electron chi connectivity index (χ2n) is 11.6. The standard InChI is InChI=1S/C32H36O5/c1-20(33)35-15-16-36-23-13-14-24(25(19-23)21-11-9-8-10-12-21)28-26-17-22(31(2,3)4)18-27(32(5,6)7)29(26)37-30(28)34/h8-14,17-19,28H,15-16H2,1-7H3. The van der Waals surface area contributed by atoms with Gasteiger partial charge in [-0.1, -0.05) is 90.1 Å². The van der Waals surface area contributed by atoms with E-state index in [0.717, 1.165) is 27.8 Å². The Hall–Kier alpha value is -3.60. The molecule has 1 atom stereocenters. The van der Waals surface area contributed by atoms with Gasteiger partial charge in [0.1, 0.15) is 30.6 Å². The number of carbonyl (C=O) groups is 2. The third kappa shape index (κ3) is 5.71. The first-order valence-corrected chi connectivity index (χ1v) is 12.7. The number of rotatable bonds is 6. The van der Waals surface area contributed by atoms with Crippen molar-refractivity contribution >= 4 is 11.9 Å². The van der Waals surface area contributed by atoms with Crippen LogP contribution in [0, 0.1) is 0 Å². The Kier molecular flexibility index (Phi) is 7.18. The fourth-order valence-electron chi connectivity index (χ4n) is 4.64. The molecule has 0 radical (unpaired) electrons. The molecule has 4 rings (SSSR count). The van der Waals surface area contributed by atoms with Crippen molar-refractivity contribution in [1.82, 2.24) is 0 Å². The number of carbonyl (C=O) groups excluding carboxylic acids is 2. The quantitative estimate of drug-likeness (QED) is 0.208. The van der Waals surface area contributed by atoms with Crippen LogP contribution in [-0.4, -0.2) is 25.2 Å². The van der Waals surface area contributed by atoms with E-state index in [-0.39, 0.29) is 36.0 Å². The van der Waals surface area contributed by atoms with E-state index in [4.69, 9.17) is 14.2 Å². The molecule has 0 fully saturated rings. The lowest BCUT2D eigenvalue weighted by Gasteiger charge is -2.27. The molecule has 37 heavy (non-hydrogen) atoms. The number of benzene rings is 3. The Balaban J connectivity index is 1.84. The SMILES string of the molecule is CC(=O)OCCOc1ccc(C2C(=O)Oc3c2cc(C(C)(C)C)cc3C(C)(C)C)c(-c2ccccc2)c1. The summed E-state index contributed by atoms with van der Waals surface area (Å²) in [5.74, 6) is 0.152. The fourth-order valence-corrected chi connectivity index (χ4v) is 4.64. The summed E-state index contributed by atoms with van der Waals surface area (Å²) in [4.78, 5) is 24.6. The zero-order chi connectivity index (χ0) is 27.0. The van der Waals surface area contributed by atoms with Gasteiger partial charge in [-0.25, -0.2) is 0 Å². The van der Waals surface area contributed by atoms with Crippen LogP contribution < -0.4 is 9.47 Å². The highest BCUT2D eigenvalue weighted by atomic mass is 16.6. The summed E-state index contributed by atoms with van der Waals surface area (Å²) in [5.41, 5.74) is 5.58. The number of hydrogen-bond acceptors (Lipinski definition) is 5. The summed E-state index contributed by atoms with van der Waals surface area (Å²) in [6, 6.07) is 20.0. The summed E-state index contributed by atoms with van der Waals surface area (Å²) < 4.78 is 16.9. The third-order valence-electron chi connectivity index (χ3n) is 6.62. The van der Waals surface area contributed by atoms with Gasteiger partial charge in [0.2, 0.25) is 0 Å². The van der Waals surface area contributed by atoms with Gasteiger partial charge >= 0.3 is 11.9 Å². The molecule has 3 aromatic rings. The van der Waals surface area contributed by atoms with Gasteiger partial charge in [0.25, 0.3) is 0 Å². The van der Waals surface area contributed by atoms with Gasteiger partial charge in [-0.2, -0.15) is 0 Å². The fraction of sp³-hybridized carbons (Fsp3) is 0.375. The first-order chi connectivity index (χ1) is 17.4. The van der Waals surface area contributed by atoms with E-state index in [2.05, 4.69) is 53.7 Å². The smallest absolute Gasteiger partial charge is 0.323 e. The monoisotopic (exact) mass is 500 g/mol. The topological polar surface area (TPSA) is 61.8 Å². The van der Waals surface area contributed by atoms with Crippen molar-refractivity contribution in [2.75, 3.05) is 13.2 Å². The maximum Gasteiger partial charge on any atom is 0.323 e. The second kappa shape index (κ2) is 10.0. The summed E-state index contributed by atoms with van der Waals surface area (Å²) in [6.45, 7) is 14.8. The predicted octanol–water partition coefficient (Wildman–Crippen LogP) is 6.94. The average molecular weight is 501 g/mol. The Morgan fingerprint density at radius 3 is 2.19 bits per heavy atom. The lowest BCUT2D eigenvalue weighted by molar-refractivity contribution is -0.141. The Labute approximate surface area is 219 Å². The van der Waals surface area contributed by atoms with Crippen LogP contribution >= 0.6 is 0 Å². The number of ether oxygens (including phenoxy) is 3. The van der Waals surface area contributed by atoms with Crippen molar-refractivity contribution < 1.29 is 23.8 Å². The van der Waals surface area contributed by atoms with Gasteiger partial charge in [-0.05, 0) is 45.2 Å². The van der Waals surface area contributed by atoms with Gasteiger partial charge in [-0.15, -0.1) is 0 Å². The van der Waals surface area contributed by atoms with Gasteiger partial charge in [-0.3, -0.25) is 9.59 Å². The van der Waals surface area contributed by atoms with Gasteiger partial charge < -0.3 is 14.2 Å². The summed E-state index contributed by atoms with van der Waals surface area (Å²) >= 11 is 0. The molecular formula is C32H36O5. The lowest BCUT2D eigenvalue weighted by Crippen LogP contribution is -2.17. The van der Waals surface area contributed by atoms with Gasteiger partial charge in [0.05, 0.1) is 0 Å². The van der Waals surface area contributed by atoms with Crippen LogP contribution in [0.25, 0.3) is 11.1 Å². The van der Waals surface area contributed by atoms with Crippen molar-refractivity contribution in [1.29, 1.82) is 0 Å². The van der Waals surface area contributed by atoms with Crippen LogP contribution in [0.1, 0.15) is 76.6 Å². The molecule has 5 heteroatoms. The Bertz CT molecular complexity index is 1310. The van der Waals surface area contributed by atoms with Gasteiger partial charge in [0.15, 0.2) is 0 Å². The minimum absolute atomic E-state index is 0.0902. The number of hydrogen-bond donors (Lipinski definition) is 0. The molecule has 1 unspecified atom stereocenters. The molecule has 0 saturated heterocycles. The first-order valence-electron chi connectivity index (χ1n) is 12.7. The maximum atomic E-state index is 13.5. The van der Waals surface area contributed by atoms with E-state index in [1.54, 1.807) is 0 Å². The van der Waals surface area contributed by atoms with Crippen molar-refractivity contribution in [3.63, 3.8) is 0 Å². The summed E-state index contributed by atoms with van der Waals surface area (Å²) in [6.07, 6.45) is 0. The molecule has 1 heterocycles. The Morgan fingerprint density at radius 2 is 1.57 bits per heavy atom. The molecule has 0 spiro atoms. The van der Waals surface area contributed by atoms with E-state index in [1.165, 1.54) is 12.5 Å². The van der Waals surface area contributed by atoms with Crippen LogP contribution in [0.3, 0.4) is 0 Å². The summed E-state index contributed by atoms with van der Waals surface area (Å²) in [7, 11) is 0. The minimum atomic E-state index is -0.552. The predicted molar refractivity (Wildman–Crippen MR) is 145 cm³/mol. The third-order valence-corrected chi connectivity index (χ3v) is 6.62. The van der Waals surface area contributed by atoms with Crippen LogP contribution in [0.5, 0.6) is 11.5 Å². The first kappa shape index (κ1) is 26.5. The lowest BCUT2D eigenvalue weighted by atomic mass is 9.76. The van der Waals surface area contributed by atoms with Crippen molar-refractivity contribution in [3.05, 3.63) is 82.9 Å². The molecule has 0 saturated carbocycles. The van der Waals surface area contributed by atoms with Crippen molar-refractivity contribution in [2.45, 2.75) is 65.2 Å². The molecule has 0 amide bonds. The van der Waals surface area contributed by atoms with Crippen molar-refractivity contribution in [3.8, 4) is 22.6 Å². The molecule has 0 bridgehead atoms. The molecule has 1 aliphatic rings. The number of esters is 2. The van der Waals surface area contributed by atoms with Crippen LogP contribution in [0.4, 0.5) is 0 Å². The molecule has 0 aromatic heterocycles. The molecule has 1 aliphatic heterocycles. The average Bonchev–Trinajstić information content (AvgIpc) is 3.15. The molecular weight excluding hydrogens is 464 g/mol. The largest absolute Gasteiger partial charge is 0.490 e. The Morgan fingerprint density at radius 1 is 0.865 bits per heavy atom. The van der Waals surface area contributed by atoms with E-state index >= 15 is 0 Å². The van der Waals surface area contributed by atoms with Crippen LogP contribution in [0.15, 0.2) is 60.7 Å². The van der Waals surface area contributed by atoms with E-state index in [1.807, 2.05) is 48.5 Å². The van der Waals surface area contributed by atoms with E-state index < -0.39 is 5.92 Å². The molecule has 0 aliphatic carbocycles. The molecule has 5 nitrogen and oxygen atoms in total. The summed E-state index contributed by atoms with van der Waals surface area (Å²) in [5, 5.41) is 0.